The van der Waals surface area contributed by atoms with E-state index in [0.29, 0.717) is 6.54 Å². The summed E-state index contributed by atoms with van der Waals surface area (Å²) in [5.41, 5.74) is 1.22. The lowest BCUT2D eigenvalue weighted by Gasteiger charge is -2.08. The van der Waals surface area contributed by atoms with Crippen LogP contribution in [0.5, 0.6) is 0 Å². The Bertz CT molecular complexity index is 285. The minimum absolute atomic E-state index is 0.473. The van der Waals surface area contributed by atoms with Crippen LogP contribution >= 0.6 is 0 Å². The number of carboxylic acid groups (broad SMARTS) is 1. The fourth-order valence-electron chi connectivity index (χ4n) is 1.17. The third-order valence-electron chi connectivity index (χ3n) is 2.08. The van der Waals surface area contributed by atoms with Gasteiger partial charge in [-0.25, -0.2) is 0 Å². The zero-order valence-electron chi connectivity index (χ0n) is 8.23. The summed E-state index contributed by atoms with van der Waals surface area (Å²) in [6, 6.07) is 9.53. The average Bonchev–Trinajstić information content (AvgIpc) is 2.19. The molecule has 1 unspecified atom stereocenters. The first kappa shape index (κ1) is 10.7. The molecule has 0 spiro atoms. The van der Waals surface area contributed by atoms with E-state index in [4.69, 9.17) is 5.11 Å². The van der Waals surface area contributed by atoms with Crippen molar-refractivity contribution in [2.45, 2.75) is 19.4 Å². The smallest absolute Gasteiger partial charge is 0.320 e. The molecule has 0 aliphatic rings. The molecule has 1 atom stereocenters. The first-order valence-electron chi connectivity index (χ1n) is 4.70. The largest absolute Gasteiger partial charge is 0.480 e. The fourth-order valence-corrected chi connectivity index (χ4v) is 1.17. The first-order chi connectivity index (χ1) is 6.70. The topological polar surface area (TPSA) is 49.3 Å². The molecule has 76 valence electrons. The molecule has 2 N–H and O–H groups in total. The van der Waals surface area contributed by atoms with E-state index in [9.17, 15) is 4.79 Å². The highest BCUT2D eigenvalue weighted by Crippen LogP contribution is 1.98. The molecule has 0 radical (unpaired) electrons. The van der Waals surface area contributed by atoms with E-state index in [1.165, 1.54) is 5.56 Å². The van der Waals surface area contributed by atoms with Crippen LogP contribution in [0.4, 0.5) is 0 Å². The fraction of sp³-hybridized carbons (Fsp3) is 0.364. The number of nitrogens with one attached hydrogen (secondary N) is 1. The summed E-state index contributed by atoms with van der Waals surface area (Å²) < 4.78 is 0. The molecular formula is C11H15NO2. The number of carboxylic acids is 1. The molecule has 0 saturated carbocycles. The van der Waals surface area contributed by atoms with Crippen LogP contribution in [0.15, 0.2) is 30.3 Å². The third-order valence-corrected chi connectivity index (χ3v) is 2.08. The second-order valence-corrected chi connectivity index (χ2v) is 3.25. The molecule has 14 heavy (non-hydrogen) atoms. The molecule has 0 aromatic heterocycles. The Hall–Kier alpha value is -1.35. The van der Waals surface area contributed by atoms with Crippen molar-refractivity contribution >= 4 is 5.97 Å². The quantitative estimate of drug-likeness (QED) is 0.741. The third kappa shape index (κ3) is 3.58. The maximum absolute atomic E-state index is 10.5. The Morgan fingerprint density at radius 1 is 1.43 bits per heavy atom. The van der Waals surface area contributed by atoms with Crippen molar-refractivity contribution in [2.24, 2.45) is 0 Å². The van der Waals surface area contributed by atoms with Crippen LogP contribution in [0.3, 0.4) is 0 Å². The number of hydrogen-bond donors (Lipinski definition) is 2. The molecule has 0 fully saturated rings. The Labute approximate surface area is 83.8 Å². The van der Waals surface area contributed by atoms with Gasteiger partial charge >= 0.3 is 5.97 Å². The van der Waals surface area contributed by atoms with E-state index < -0.39 is 12.0 Å². The van der Waals surface area contributed by atoms with Crippen LogP contribution in [-0.4, -0.2) is 23.7 Å². The SMILES string of the molecule is CC(NCCc1ccccc1)C(=O)O. The monoisotopic (exact) mass is 193 g/mol. The Kier molecular flexibility index (Phi) is 4.13. The number of hydrogen-bond acceptors (Lipinski definition) is 2. The van der Waals surface area contributed by atoms with Gasteiger partial charge in [-0.3, -0.25) is 4.79 Å². The molecule has 1 aromatic rings. The molecule has 3 heteroatoms. The normalized spacial score (nSPS) is 12.4. The van der Waals surface area contributed by atoms with Gasteiger partial charge in [-0.05, 0) is 25.5 Å². The Morgan fingerprint density at radius 2 is 2.07 bits per heavy atom. The zero-order valence-corrected chi connectivity index (χ0v) is 8.23. The van der Waals surface area contributed by atoms with Crippen LogP contribution < -0.4 is 5.32 Å². The van der Waals surface area contributed by atoms with E-state index in [1.807, 2.05) is 30.3 Å². The van der Waals surface area contributed by atoms with Crippen molar-refractivity contribution in [3.05, 3.63) is 35.9 Å². The minimum Gasteiger partial charge on any atom is -0.480 e. The van der Waals surface area contributed by atoms with Crippen LogP contribution in [0.25, 0.3) is 0 Å². The summed E-state index contributed by atoms with van der Waals surface area (Å²) in [6.45, 7) is 2.34. The second kappa shape index (κ2) is 5.40. The minimum atomic E-state index is -0.807. The van der Waals surface area contributed by atoms with Crippen LogP contribution in [0.2, 0.25) is 0 Å². The van der Waals surface area contributed by atoms with Crippen LogP contribution in [0, 0.1) is 0 Å². The van der Waals surface area contributed by atoms with Gasteiger partial charge in [-0.15, -0.1) is 0 Å². The van der Waals surface area contributed by atoms with Gasteiger partial charge in [-0.1, -0.05) is 30.3 Å². The molecule has 0 aliphatic carbocycles. The average molecular weight is 193 g/mol. The van der Waals surface area contributed by atoms with Gasteiger partial charge in [-0.2, -0.15) is 0 Å². The molecule has 0 bridgehead atoms. The molecule has 0 heterocycles. The summed E-state index contributed by atoms with van der Waals surface area (Å²) >= 11 is 0. The predicted molar refractivity (Wildman–Crippen MR) is 55.2 cm³/mol. The van der Waals surface area contributed by atoms with Gasteiger partial charge in [0.15, 0.2) is 0 Å². The summed E-state index contributed by atoms with van der Waals surface area (Å²) in [5.74, 6) is -0.807. The van der Waals surface area contributed by atoms with E-state index in [0.717, 1.165) is 6.42 Å². The summed E-state index contributed by atoms with van der Waals surface area (Å²) in [5, 5.41) is 11.5. The van der Waals surface area contributed by atoms with E-state index >= 15 is 0 Å². The van der Waals surface area contributed by atoms with Crippen molar-refractivity contribution in [2.75, 3.05) is 6.54 Å². The molecule has 0 amide bonds. The predicted octanol–water partition coefficient (Wildman–Crippen LogP) is 1.29. The van der Waals surface area contributed by atoms with Gasteiger partial charge in [0.05, 0.1) is 0 Å². The van der Waals surface area contributed by atoms with Crippen molar-refractivity contribution in [3.63, 3.8) is 0 Å². The van der Waals surface area contributed by atoms with Crippen LogP contribution in [-0.2, 0) is 11.2 Å². The summed E-state index contributed by atoms with van der Waals surface area (Å²) in [6.07, 6.45) is 0.860. The molecule has 3 nitrogen and oxygen atoms in total. The lowest BCUT2D eigenvalue weighted by molar-refractivity contribution is -0.138. The van der Waals surface area contributed by atoms with E-state index in [1.54, 1.807) is 6.92 Å². The van der Waals surface area contributed by atoms with E-state index in [-0.39, 0.29) is 0 Å². The highest BCUT2D eigenvalue weighted by atomic mass is 16.4. The number of benzene rings is 1. The van der Waals surface area contributed by atoms with Gasteiger partial charge in [0, 0.05) is 0 Å². The standard InChI is InChI=1S/C11H15NO2/c1-9(11(13)14)12-8-7-10-5-3-2-4-6-10/h2-6,9,12H,7-8H2,1H3,(H,13,14). The summed E-state index contributed by atoms with van der Waals surface area (Å²) in [4.78, 5) is 10.5. The van der Waals surface area contributed by atoms with Gasteiger partial charge in [0.2, 0.25) is 0 Å². The highest BCUT2D eigenvalue weighted by molar-refractivity contribution is 5.72. The molecule has 1 aromatic carbocycles. The molecule has 1 rings (SSSR count). The van der Waals surface area contributed by atoms with Crippen LogP contribution in [0.1, 0.15) is 12.5 Å². The zero-order chi connectivity index (χ0) is 10.4. The lowest BCUT2D eigenvalue weighted by Crippen LogP contribution is -2.34. The van der Waals surface area contributed by atoms with Crippen molar-refractivity contribution in [1.29, 1.82) is 0 Å². The maximum Gasteiger partial charge on any atom is 0.320 e. The second-order valence-electron chi connectivity index (χ2n) is 3.25. The first-order valence-corrected chi connectivity index (χ1v) is 4.70. The van der Waals surface area contributed by atoms with Gasteiger partial charge in [0.1, 0.15) is 6.04 Å². The van der Waals surface area contributed by atoms with Gasteiger partial charge in [0.25, 0.3) is 0 Å². The van der Waals surface area contributed by atoms with E-state index in [2.05, 4.69) is 5.32 Å². The number of carbonyl (C=O) groups is 1. The number of aliphatic carboxylic acids is 1. The molecule has 0 saturated heterocycles. The highest BCUT2D eigenvalue weighted by Gasteiger charge is 2.08. The van der Waals surface area contributed by atoms with Crippen molar-refractivity contribution in [3.8, 4) is 0 Å². The lowest BCUT2D eigenvalue weighted by atomic mass is 10.1. The maximum atomic E-state index is 10.5. The van der Waals surface area contributed by atoms with Crippen molar-refractivity contribution < 1.29 is 9.90 Å². The molecular weight excluding hydrogens is 178 g/mol. The Morgan fingerprint density at radius 3 is 2.64 bits per heavy atom. The van der Waals surface area contributed by atoms with Crippen molar-refractivity contribution in [1.82, 2.24) is 5.32 Å². The number of rotatable bonds is 5. The Balaban J connectivity index is 2.26. The van der Waals surface area contributed by atoms with Gasteiger partial charge < -0.3 is 10.4 Å². The summed E-state index contributed by atoms with van der Waals surface area (Å²) in [7, 11) is 0. The molecule has 0 aliphatic heterocycles.